The minimum absolute atomic E-state index is 0.0147. The highest BCUT2D eigenvalue weighted by Crippen LogP contribution is 2.56. The van der Waals surface area contributed by atoms with E-state index in [4.69, 9.17) is 9.84 Å². The quantitative estimate of drug-likeness (QED) is 0.200. The van der Waals surface area contributed by atoms with Gasteiger partial charge in [0.25, 0.3) is 0 Å². The Kier molecular flexibility index (Phi) is 7.33. The first-order valence-corrected chi connectivity index (χ1v) is 13.8. The summed E-state index contributed by atoms with van der Waals surface area (Å²) < 4.78 is 5.70. The number of methoxy groups -OCH3 is 1. The van der Waals surface area contributed by atoms with Gasteiger partial charge in [-0.15, -0.1) is 0 Å². The summed E-state index contributed by atoms with van der Waals surface area (Å²) in [5.41, 5.74) is 2.05. The number of phenolic OH excluding ortho intramolecular Hbond substituents is 1. The van der Waals surface area contributed by atoms with E-state index in [1.807, 2.05) is 6.08 Å². The number of fused-ring (bicyclic) bond motifs is 3. The molecule has 5 rings (SSSR count). The van der Waals surface area contributed by atoms with Gasteiger partial charge in [-0.25, -0.2) is 0 Å². The predicted molar refractivity (Wildman–Crippen MR) is 142 cm³/mol. The number of benzene rings is 1. The van der Waals surface area contributed by atoms with Crippen LogP contribution in [0.4, 0.5) is 0 Å². The van der Waals surface area contributed by atoms with Crippen LogP contribution in [-0.4, -0.2) is 58.1 Å². The Hall–Kier alpha value is -3.53. The van der Waals surface area contributed by atoms with Gasteiger partial charge in [0, 0.05) is 47.7 Å². The molecule has 0 unspecified atom stereocenters. The van der Waals surface area contributed by atoms with Crippen molar-refractivity contribution in [2.75, 3.05) is 13.7 Å². The van der Waals surface area contributed by atoms with Crippen molar-refractivity contribution >= 4 is 45.3 Å². The van der Waals surface area contributed by atoms with E-state index in [0.717, 1.165) is 5.57 Å². The van der Waals surface area contributed by atoms with Crippen LogP contribution in [0.3, 0.4) is 0 Å². The first-order valence-electron chi connectivity index (χ1n) is 13.0. The molecule has 1 aromatic carbocycles. The van der Waals surface area contributed by atoms with E-state index < -0.39 is 29.6 Å². The molecule has 1 fully saturated rings. The summed E-state index contributed by atoms with van der Waals surface area (Å²) in [6, 6.07) is 4.60. The Balaban J connectivity index is 1.52. The Morgan fingerprint density at radius 1 is 1.10 bits per heavy atom. The number of carbonyl (C=O) groups excluding carboxylic acids is 4. The average Bonchev–Trinajstić information content (AvgIpc) is 3.15. The number of likely N-dealkylation sites (tertiary alicyclic amines) is 1. The molecule has 2 N–H and O–H groups in total. The van der Waals surface area contributed by atoms with Gasteiger partial charge in [-0.05, 0) is 53.6 Å². The molecule has 1 saturated heterocycles. The maximum atomic E-state index is 13.7. The Morgan fingerprint density at radius 3 is 2.59 bits per heavy atom. The number of aromatic hydroxyl groups is 1. The molecule has 4 aliphatic rings. The number of carbonyl (C=O) groups is 5. The fourth-order valence-corrected chi connectivity index (χ4v) is 6.96. The van der Waals surface area contributed by atoms with Gasteiger partial charge in [-0.1, -0.05) is 24.1 Å². The van der Waals surface area contributed by atoms with Crippen molar-refractivity contribution in [3.05, 3.63) is 57.1 Å². The number of carboxylic acid groups (broad SMARTS) is 1. The topological polar surface area (TPSA) is 138 Å². The van der Waals surface area contributed by atoms with E-state index in [2.05, 4.69) is 15.9 Å². The van der Waals surface area contributed by atoms with Crippen LogP contribution in [0.1, 0.15) is 50.0 Å². The molecule has 9 nitrogen and oxygen atoms in total. The molecule has 39 heavy (non-hydrogen) atoms. The predicted octanol–water partition coefficient (Wildman–Crippen LogP) is 3.81. The van der Waals surface area contributed by atoms with Gasteiger partial charge in [0.15, 0.2) is 11.6 Å². The number of halogens is 1. The maximum Gasteiger partial charge on any atom is 0.303 e. The Morgan fingerprint density at radius 2 is 1.87 bits per heavy atom. The van der Waals surface area contributed by atoms with Crippen LogP contribution in [-0.2, 0) is 24.0 Å². The summed E-state index contributed by atoms with van der Waals surface area (Å²) in [6.07, 6.45) is 5.31. The number of phenols is 1. The molecular weight excluding hydrogens is 570 g/mol. The minimum Gasteiger partial charge on any atom is -0.508 e. The van der Waals surface area contributed by atoms with Crippen molar-refractivity contribution < 1.29 is 38.9 Å². The van der Waals surface area contributed by atoms with Crippen LogP contribution in [0, 0.1) is 17.8 Å². The van der Waals surface area contributed by atoms with Gasteiger partial charge < -0.3 is 14.9 Å². The number of rotatable bonds is 8. The molecule has 1 heterocycles. The number of hydrogen-bond acceptors (Lipinski definition) is 7. The number of amides is 2. The molecule has 0 spiro atoms. The SMILES string of the molecule is COc1cc(O)ccc1[C@H]1C2=CC[C@@H]3C(=O)N(CCCCCC(=O)O)C(=O)[C@@H]3[C@@H]2CC2=C1C(=O)C=C(Br)C2=O. The van der Waals surface area contributed by atoms with E-state index in [0.29, 0.717) is 48.1 Å². The van der Waals surface area contributed by atoms with E-state index in [1.165, 1.54) is 30.2 Å². The number of carboxylic acids is 1. The van der Waals surface area contributed by atoms with Crippen LogP contribution in [0.5, 0.6) is 11.5 Å². The highest BCUT2D eigenvalue weighted by Gasteiger charge is 2.56. The lowest BCUT2D eigenvalue weighted by Gasteiger charge is -2.42. The third kappa shape index (κ3) is 4.64. The van der Waals surface area contributed by atoms with Crippen LogP contribution in [0.15, 0.2) is 51.6 Å². The normalized spacial score (nSPS) is 26.2. The van der Waals surface area contributed by atoms with Crippen molar-refractivity contribution in [3.63, 3.8) is 0 Å². The monoisotopic (exact) mass is 597 g/mol. The van der Waals surface area contributed by atoms with E-state index >= 15 is 0 Å². The molecule has 4 atom stereocenters. The maximum absolute atomic E-state index is 13.7. The summed E-state index contributed by atoms with van der Waals surface area (Å²) >= 11 is 3.21. The number of Topliss-reactive ketones (excluding diaryl/α,β-unsaturated/α-hetero) is 1. The van der Waals surface area contributed by atoms with Gasteiger partial charge >= 0.3 is 5.97 Å². The molecule has 2 amide bonds. The first kappa shape index (κ1) is 27.1. The highest BCUT2D eigenvalue weighted by molar-refractivity contribution is 9.12. The van der Waals surface area contributed by atoms with Crippen molar-refractivity contribution in [2.45, 2.75) is 44.4 Å². The standard InChI is InChI=1S/C29H28BrNO8/c1-39-22-11-14(32)6-7-16(22)24-15-8-9-17-25(18(15)12-19-26(24)21(33)13-20(30)27(19)36)29(38)31(28(17)37)10-4-2-3-5-23(34)35/h6-8,11,13,17-18,24-25,32H,2-5,9-10,12H2,1H3,(H,34,35)/t17-,18+,24+,25-/m0/s1. The van der Waals surface area contributed by atoms with Gasteiger partial charge in [0.2, 0.25) is 11.8 Å². The van der Waals surface area contributed by atoms with Crippen molar-refractivity contribution in [3.8, 4) is 11.5 Å². The summed E-state index contributed by atoms with van der Waals surface area (Å²) in [7, 11) is 1.46. The number of nitrogens with zero attached hydrogens (tertiary/aromatic N) is 1. The van der Waals surface area contributed by atoms with Gasteiger partial charge in [0.1, 0.15) is 11.5 Å². The Bertz CT molecular complexity index is 1390. The van der Waals surface area contributed by atoms with Crippen LogP contribution in [0.2, 0.25) is 0 Å². The fraction of sp³-hybridized carbons (Fsp3) is 0.414. The number of ketones is 2. The zero-order valence-corrected chi connectivity index (χ0v) is 22.9. The molecule has 0 saturated carbocycles. The summed E-state index contributed by atoms with van der Waals surface area (Å²) in [5, 5.41) is 18.9. The van der Waals surface area contributed by atoms with Crippen molar-refractivity contribution in [1.29, 1.82) is 0 Å². The van der Waals surface area contributed by atoms with Crippen molar-refractivity contribution in [1.82, 2.24) is 4.90 Å². The van der Waals surface area contributed by atoms with E-state index in [-0.39, 0.29) is 53.0 Å². The smallest absolute Gasteiger partial charge is 0.303 e. The molecular formula is C29H28BrNO8. The molecule has 204 valence electrons. The van der Waals surface area contributed by atoms with Crippen LogP contribution >= 0.6 is 15.9 Å². The lowest BCUT2D eigenvalue weighted by atomic mass is 9.59. The van der Waals surface area contributed by atoms with Gasteiger partial charge in [-0.3, -0.25) is 28.9 Å². The van der Waals surface area contributed by atoms with E-state index in [1.54, 1.807) is 6.07 Å². The minimum atomic E-state index is -0.879. The third-order valence-corrected chi connectivity index (χ3v) is 8.81. The Labute approximate surface area is 233 Å². The second-order valence-electron chi connectivity index (χ2n) is 10.4. The number of imide groups is 1. The lowest BCUT2D eigenvalue weighted by molar-refractivity contribution is -0.141. The zero-order chi connectivity index (χ0) is 28.0. The number of ether oxygens (including phenoxy) is 1. The molecule has 10 heteroatoms. The molecule has 3 aliphatic carbocycles. The molecule has 1 aromatic rings. The molecule has 0 radical (unpaired) electrons. The molecule has 0 bridgehead atoms. The summed E-state index contributed by atoms with van der Waals surface area (Å²) in [5.74, 6) is -4.06. The van der Waals surface area contributed by atoms with E-state index in [9.17, 15) is 29.1 Å². The molecule has 0 aromatic heterocycles. The average molecular weight is 598 g/mol. The fourth-order valence-electron chi connectivity index (χ4n) is 6.51. The highest BCUT2D eigenvalue weighted by atomic mass is 79.9. The van der Waals surface area contributed by atoms with Crippen LogP contribution < -0.4 is 4.74 Å². The second-order valence-corrected chi connectivity index (χ2v) is 11.2. The van der Waals surface area contributed by atoms with Gasteiger partial charge in [-0.2, -0.15) is 0 Å². The zero-order valence-electron chi connectivity index (χ0n) is 21.3. The number of aliphatic carboxylic acids is 1. The number of hydrogen-bond donors (Lipinski definition) is 2. The van der Waals surface area contributed by atoms with Crippen molar-refractivity contribution in [2.24, 2.45) is 17.8 Å². The first-order chi connectivity index (χ1) is 18.6. The summed E-state index contributed by atoms with van der Waals surface area (Å²) in [4.78, 5) is 65.7. The van der Waals surface area contributed by atoms with Crippen LogP contribution in [0.25, 0.3) is 0 Å². The third-order valence-electron chi connectivity index (χ3n) is 8.22. The largest absolute Gasteiger partial charge is 0.508 e. The lowest BCUT2D eigenvalue weighted by Crippen LogP contribution is -2.39. The van der Waals surface area contributed by atoms with Gasteiger partial charge in [0.05, 0.1) is 23.4 Å². The number of allylic oxidation sites excluding steroid dienone is 6. The summed E-state index contributed by atoms with van der Waals surface area (Å²) in [6.45, 7) is 0.223. The molecule has 1 aliphatic heterocycles. The number of unbranched alkanes of at least 4 members (excludes halogenated alkanes) is 2. The second kappa shape index (κ2) is 10.6.